The first-order valence-corrected chi connectivity index (χ1v) is 4.05. The number of carbonyl (C=O) groups is 1. The molecule has 0 saturated heterocycles. The first kappa shape index (κ1) is 10.2. The molecular weight excluding hydrogens is 182 g/mol. The third kappa shape index (κ3) is 2.90. The second-order valence-electron chi connectivity index (χ2n) is 2.76. The smallest absolute Gasteiger partial charge is 0.328 e. The highest BCUT2D eigenvalue weighted by molar-refractivity contribution is 5.85. The van der Waals surface area contributed by atoms with Crippen LogP contribution in [0.2, 0.25) is 0 Å². The van der Waals surface area contributed by atoms with Crippen molar-refractivity contribution in [2.45, 2.75) is 6.92 Å². The summed E-state index contributed by atoms with van der Waals surface area (Å²) in [5.41, 5.74) is 1.55. The van der Waals surface area contributed by atoms with E-state index >= 15 is 0 Å². The summed E-state index contributed by atoms with van der Waals surface area (Å²) in [5, 5.41) is 8.44. The van der Waals surface area contributed by atoms with Crippen LogP contribution >= 0.6 is 0 Å². The highest BCUT2D eigenvalue weighted by atomic mass is 16.5. The molecule has 74 valence electrons. The van der Waals surface area contributed by atoms with E-state index in [1.165, 1.54) is 13.2 Å². The largest absolute Gasteiger partial charge is 0.481 e. The quantitative estimate of drug-likeness (QED) is 0.739. The van der Waals surface area contributed by atoms with Gasteiger partial charge in [-0.3, -0.25) is 0 Å². The number of hydrogen-bond donors (Lipinski definition) is 1. The van der Waals surface area contributed by atoms with Gasteiger partial charge in [0.25, 0.3) is 0 Å². The maximum atomic E-state index is 10.3. The van der Waals surface area contributed by atoms with E-state index in [2.05, 4.69) is 4.98 Å². The molecule has 0 amide bonds. The highest BCUT2D eigenvalue weighted by Gasteiger charge is 1.97. The zero-order valence-electron chi connectivity index (χ0n) is 8.02. The average Bonchev–Trinajstić information content (AvgIpc) is 2.14. The standard InChI is InChI=1S/C10H11NO3/c1-7-5-8(3-4-10(12)13)6-9(11-7)14-2/h3-6H,1-2H3,(H,12,13)/b4-3+. The number of rotatable bonds is 3. The number of methoxy groups -OCH3 is 1. The van der Waals surface area contributed by atoms with Crippen molar-refractivity contribution in [3.8, 4) is 5.88 Å². The lowest BCUT2D eigenvalue weighted by atomic mass is 10.2. The zero-order valence-corrected chi connectivity index (χ0v) is 8.02. The minimum atomic E-state index is -0.974. The van der Waals surface area contributed by atoms with Crippen molar-refractivity contribution >= 4 is 12.0 Å². The van der Waals surface area contributed by atoms with Gasteiger partial charge in [0.15, 0.2) is 0 Å². The molecule has 0 aliphatic heterocycles. The number of carboxylic acids is 1. The van der Waals surface area contributed by atoms with Gasteiger partial charge in [-0.2, -0.15) is 0 Å². The minimum absolute atomic E-state index is 0.482. The molecule has 0 aliphatic rings. The summed E-state index contributed by atoms with van der Waals surface area (Å²) in [6.45, 7) is 1.82. The van der Waals surface area contributed by atoms with Crippen molar-refractivity contribution in [2.24, 2.45) is 0 Å². The van der Waals surface area contributed by atoms with Crippen LogP contribution in [0.25, 0.3) is 6.08 Å². The topological polar surface area (TPSA) is 59.4 Å². The Kier molecular flexibility index (Phi) is 3.23. The molecule has 1 N–H and O–H groups in total. The van der Waals surface area contributed by atoms with Crippen LogP contribution in [0.15, 0.2) is 18.2 Å². The van der Waals surface area contributed by atoms with Crippen LogP contribution in [0.4, 0.5) is 0 Å². The van der Waals surface area contributed by atoms with Crippen LogP contribution in [0, 0.1) is 6.92 Å². The normalized spacial score (nSPS) is 10.4. The Bertz CT molecular complexity index is 372. The molecule has 0 spiro atoms. The number of aromatic nitrogens is 1. The molecule has 0 atom stereocenters. The van der Waals surface area contributed by atoms with Crippen molar-refractivity contribution in [3.63, 3.8) is 0 Å². The number of carboxylic acid groups (broad SMARTS) is 1. The molecular formula is C10H11NO3. The number of nitrogens with zero attached hydrogens (tertiary/aromatic N) is 1. The predicted molar refractivity (Wildman–Crippen MR) is 52.2 cm³/mol. The lowest BCUT2D eigenvalue weighted by molar-refractivity contribution is -0.131. The first-order chi connectivity index (χ1) is 6.61. The summed E-state index contributed by atoms with van der Waals surface area (Å²) in [6, 6.07) is 3.45. The van der Waals surface area contributed by atoms with Gasteiger partial charge >= 0.3 is 5.97 Å². The molecule has 0 aromatic carbocycles. The van der Waals surface area contributed by atoms with E-state index in [1.54, 1.807) is 12.1 Å². The number of pyridine rings is 1. The van der Waals surface area contributed by atoms with Gasteiger partial charge in [0, 0.05) is 17.8 Å². The van der Waals surface area contributed by atoms with Gasteiger partial charge in [0.05, 0.1) is 7.11 Å². The van der Waals surface area contributed by atoms with Gasteiger partial charge in [-0.05, 0) is 24.6 Å². The van der Waals surface area contributed by atoms with Crippen LogP contribution in [-0.2, 0) is 4.79 Å². The summed E-state index contributed by atoms with van der Waals surface area (Å²) in [5.74, 6) is -0.492. The predicted octanol–water partition coefficient (Wildman–Crippen LogP) is 1.50. The van der Waals surface area contributed by atoms with E-state index in [0.717, 1.165) is 17.3 Å². The second kappa shape index (κ2) is 4.41. The van der Waals surface area contributed by atoms with Crippen molar-refractivity contribution in [1.29, 1.82) is 0 Å². The Labute approximate surface area is 81.9 Å². The number of aliphatic carboxylic acids is 1. The Morgan fingerprint density at radius 3 is 2.86 bits per heavy atom. The van der Waals surface area contributed by atoms with Gasteiger partial charge < -0.3 is 9.84 Å². The summed E-state index contributed by atoms with van der Waals surface area (Å²) in [6.07, 6.45) is 2.58. The maximum Gasteiger partial charge on any atom is 0.328 e. The molecule has 0 aliphatic carbocycles. The van der Waals surface area contributed by atoms with Crippen LogP contribution in [-0.4, -0.2) is 23.2 Å². The van der Waals surface area contributed by atoms with Crippen LogP contribution in [0.3, 0.4) is 0 Å². The third-order valence-corrected chi connectivity index (χ3v) is 1.58. The molecule has 1 aromatic heterocycles. The van der Waals surface area contributed by atoms with Crippen molar-refractivity contribution in [2.75, 3.05) is 7.11 Å². The maximum absolute atomic E-state index is 10.3. The molecule has 1 rings (SSSR count). The van der Waals surface area contributed by atoms with Gasteiger partial charge in [0.1, 0.15) is 0 Å². The lowest BCUT2D eigenvalue weighted by Crippen LogP contribution is -1.91. The minimum Gasteiger partial charge on any atom is -0.481 e. The summed E-state index contributed by atoms with van der Waals surface area (Å²) in [4.78, 5) is 14.4. The molecule has 0 bridgehead atoms. The van der Waals surface area contributed by atoms with E-state index in [0.29, 0.717) is 5.88 Å². The van der Waals surface area contributed by atoms with Crippen LogP contribution < -0.4 is 4.74 Å². The Morgan fingerprint density at radius 2 is 2.29 bits per heavy atom. The molecule has 14 heavy (non-hydrogen) atoms. The summed E-state index contributed by atoms with van der Waals surface area (Å²) in [7, 11) is 1.52. The van der Waals surface area contributed by atoms with Crippen molar-refractivity contribution in [3.05, 3.63) is 29.5 Å². The molecule has 4 nitrogen and oxygen atoms in total. The lowest BCUT2D eigenvalue weighted by Gasteiger charge is -2.01. The Morgan fingerprint density at radius 1 is 1.57 bits per heavy atom. The summed E-state index contributed by atoms with van der Waals surface area (Å²) < 4.78 is 4.95. The monoisotopic (exact) mass is 193 g/mol. The molecule has 1 heterocycles. The molecule has 0 unspecified atom stereocenters. The van der Waals surface area contributed by atoms with Gasteiger partial charge in [-0.15, -0.1) is 0 Å². The van der Waals surface area contributed by atoms with Gasteiger partial charge in [0.2, 0.25) is 5.88 Å². The number of hydrogen-bond acceptors (Lipinski definition) is 3. The highest BCUT2D eigenvalue weighted by Crippen LogP contribution is 2.12. The zero-order chi connectivity index (χ0) is 10.6. The van der Waals surface area contributed by atoms with Crippen LogP contribution in [0.5, 0.6) is 5.88 Å². The molecule has 4 heteroatoms. The molecule has 0 radical (unpaired) electrons. The second-order valence-corrected chi connectivity index (χ2v) is 2.76. The number of aryl methyl sites for hydroxylation is 1. The SMILES string of the molecule is COc1cc(/C=C/C(=O)O)cc(C)n1. The Balaban J connectivity index is 2.97. The van der Waals surface area contributed by atoms with E-state index in [1.807, 2.05) is 6.92 Å². The van der Waals surface area contributed by atoms with Gasteiger partial charge in [-0.25, -0.2) is 9.78 Å². The van der Waals surface area contributed by atoms with Crippen molar-refractivity contribution < 1.29 is 14.6 Å². The van der Waals surface area contributed by atoms with Crippen LogP contribution in [0.1, 0.15) is 11.3 Å². The summed E-state index contributed by atoms with van der Waals surface area (Å²) >= 11 is 0. The fraction of sp³-hybridized carbons (Fsp3) is 0.200. The van der Waals surface area contributed by atoms with E-state index in [9.17, 15) is 4.79 Å². The van der Waals surface area contributed by atoms with E-state index in [-0.39, 0.29) is 0 Å². The Hall–Kier alpha value is -1.84. The van der Waals surface area contributed by atoms with E-state index in [4.69, 9.17) is 9.84 Å². The molecule has 0 saturated carbocycles. The molecule has 1 aromatic rings. The average molecular weight is 193 g/mol. The number of ether oxygens (including phenoxy) is 1. The van der Waals surface area contributed by atoms with Gasteiger partial charge in [-0.1, -0.05) is 0 Å². The van der Waals surface area contributed by atoms with Crippen molar-refractivity contribution in [1.82, 2.24) is 4.98 Å². The first-order valence-electron chi connectivity index (χ1n) is 4.05. The fourth-order valence-electron chi connectivity index (χ4n) is 1.03. The third-order valence-electron chi connectivity index (χ3n) is 1.58. The fourth-order valence-corrected chi connectivity index (χ4v) is 1.03. The molecule has 0 fully saturated rings. The van der Waals surface area contributed by atoms with E-state index < -0.39 is 5.97 Å².